The first kappa shape index (κ1) is 18.8. The van der Waals surface area contributed by atoms with Gasteiger partial charge in [-0.15, -0.1) is 11.8 Å². The van der Waals surface area contributed by atoms with Crippen LogP contribution in [-0.4, -0.2) is 62.7 Å². The number of hydrogen-bond donors (Lipinski definition) is 1. The zero-order valence-electron chi connectivity index (χ0n) is 15.3. The lowest BCUT2D eigenvalue weighted by atomic mass is 10.1. The molecule has 2 aliphatic heterocycles. The number of likely N-dealkylation sites (tertiary alicyclic amines) is 1. The van der Waals surface area contributed by atoms with Gasteiger partial charge in [0.05, 0.1) is 22.9 Å². The maximum atomic E-state index is 12.3. The summed E-state index contributed by atoms with van der Waals surface area (Å²) in [5.74, 6) is -0.381. The van der Waals surface area contributed by atoms with Crippen LogP contribution in [0.2, 0.25) is 0 Å². The van der Waals surface area contributed by atoms with Gasteiger partial charge in [-0.2, -0.15) is 0 Å². The van der Waals surface area contributed by atoms with Crippen molar-refractivity contribution in [2.24, 2.45) is 4.99 Å². The van der Waals surface area contributed by atoms with E-state index in [1.54, 1.807) is 32.5 Å². The molecule has 0 aromatic carbocycles. The van der Waals surface area contributed by atoms with Gasteiger partial charge in [-0.25, -0.2) is 9.59 Å². The molecule has 1 fully saturated rings. The fourth-order valence-electron chi connectivity index (χ4n) is 3.19. The number of ether oxygens (including phenoxy) is 2. The number of rotatable bonds is 3. The van der Waals surface area contributed by atoms with Crippen molar-refractivity contribution in [3.05, 3.63) is 24.0 Å². The molecule has 0 radical (unpaired) electrons. The molecular formula is C18H24N2O5S. The summed E-state index contributed by atoms with van der Waals surface area (Å²) in [7, 11) is 0. The normalized spacial score (nSPS) is 30.5. The molecule has 8 heteroatoms. The Morgan fingerprint density at radius 2 is 2.12 bits per heavy atom. The average molecular weight is 380 g/mol. The number of carboxylic acid groups (broad SMARTS) is 1. The van der Waals surface area contributed by atoms with E-state index in [4.69, 9.17) is 9.47 Å². The molecule has 0 saturated carbocycles. The van der Waals surface area contributed by atoms with Crippen LogP contribution in [0.5, 0.6) is 0 Å². The van der Waals surface area contributed by atoms with E-state index in [1.165, 1.54) is 4.90 Å². The summed E-state index contributed by atoms with van der Waals surface area (Å²) in [5.41, 5.74) is -0.682. The predicted molar refractivity (Wildman–Crippen MR) is 99.4 cm³/mol. The van der Waals surface area contributed by atoms with E-state index < -0.39 is 29.8 Å². The number of allylic oxidation sites excluding steroid dienone is 1. The highest BCUT2D eigenvalue weighted by molar-refractivity contribution is 8.14. The van der Waals surface area contributed by atoms with E-state index in [9.17, 15) is 14.7 Å². The second kappa shape index (κ2) is 6.98. The van der Waals surface area contributed by atoms with Gasteiger partial charge in [-0.1, -0.05) is 6.08 Å². The van der Waals surface area contributed by atoms with Crippen molar-refractivity contribution < 1.29 is 24.2 Å². The summed E-state index contributed by atoms with van der Waals surface area (Å²) in [6, 6.07) is -0.892. The topological polar surface area (TPSA) is 88.4 Å². The second-order valence-corrected chi connectivity index (χ2v) is 8.98. The summed E-state index contributed by atoms with van der Waals surface area (Å²) in [6.07, 6.45) is 5.12. The zero-order valence-corrected chi connectivity index (χ0v) is 16.2. The van der Waals surface area contributed by atoms with Crippen LogP contribution < -0.4 is 0 Å². The number of nitrogens with zero attached hydrogens (tertiary/aromatic N) is 2. The van der Waals surface area contributed by atoms with Crippen molar-refractivity contribution in [1.29, 1.82) is 0 Å². The van der Waals surface area contributed by atoms with E-state index in [1.807, 2.05) is 19.1 Å². The lowest BCUT2D eigenvalue weighted by Crippen LogP contribution is -2.43. The Morgan fingerprint density at radius 3 is 2.77 bits per heavy atom. The minimum atomic E-state index is -1.05. The fraction of sp³-hybridized carbons (Fsp3) is 0.611. The highest BCUT2D eigenvalue weighted by Gasteiger charge is 2.43. The van der Waals surface area contributed by atoms with Gasteiger partial charge in [0.25, 0.3) is 0 Å². The van der Waals surface area contributed by atoms with Crippen molar-refractivity contribution in [2.75, 3.05) is 6.54 Å². The minimum absolute atomic E-state index is 0.0543. The number of thioether (sulfide) groups is 1. The Hall–Kier alpha value is -1.96. The highest BCUT2D eigenvalue weighted by Crippen LogP contribution is 2.33. The standard InChI is InChI=1S/C18H24N2O5S/c1-10-19-13-7-11(5-6-15(13)26-10)24-12-8-14(16(21)22)20(9-12)17(23)25-18(2,3)4/h5-7,12-15H,8-9H2,1-4H3,(H,21,22)/t12-,13+,14-,15+/m0/s1. The lowest BCUT2D eigenvalue weighted by molar-refractivity contribution is -0.142. The third kappa shape index (κ3) is 4.23. The Kier molecular flexibility index (Phi) is 5.05. The monoisotopic (exact) mass is 380 g/mol. The third-order valence-corrected chi connectivity index (χ3v) is 5.39. The van der Waals surface area contributed by atoms with Crippen molar-refractivity contribution >= 4 is 28.9 Å². The van der Waals surface area contributed by atoms with Crippen LogP contribution in [0, 0.1) is 0 Å². The smallest absolute Gasteiger partial charge is 0.411 e. The van der Waals surface area contributed by atoms with E-state index >= 15 is 0 Å². The highest BCUT2D eigenvalue weighted by atomic mass is 32.2. The SMILES string of the molecule is CC1=N[C@@H]2C=C(O[C@H]3C[C@@H](C(=O)O)N(C(=O)OC(C)(C)C)C3)C=C[C@H]2S1. The third-order valence-electron chi connectivity index (χ3n) is 4.24. The Bertz CT molecular complexity index is 694. The maximum Gasteiger partial charge on any atom is 0.411 e. The average Bonchev–Trinajstić information content (AvgIpc) is 3.08. The van der Waals surface area contributed by atoms with Crippen molar-refractivity contribution in [3.8, 4) is 0 Å². The lowest BCUT2D eigenvalue weighted by Gasteiger charge is -2.26. The first-order valence-corrected chi connectivity index (χ1v) is 9.50. The van der Waals surface area contributed by atoms with Crippen LogP contribution in [0.1, 0.15) is 34.1 Å². The molecule has 3 aliphatic rings. The Morgan fingerprint density at radius 1 is 1.38 bits per heavy atom. The number of carbonyl (C=O) groups excluding carboxylic acids is 1. The first-order chi connectivity index (χ1) is 12.1. The van der Waals surface area contributed by atoms with Crippen molar-refractivity contribution in [2.45, 2.75) is 63.2 Å². The molecule has 1 saturated heterocycles. The number of carbonyl (C=O) groups is 2. The summed E-state index contributed by atoms with van der Waals surface area (Å²) in [4.78, 5) is 29.7. The molecule has 3 rings (SSSR count). The molecule has 1 amide bonds. The van der Waals surface area contributed by atoms with Crippen LogP contribution in [-0.2, 0) is 14.3 Å². The summed E-state index contributed by atoms with van der Waals surface area (Å²) in [5, 5.41) is 10.8. The van der Waals surface area contributed by atoms with Gasteiger partial charge in [0.15, 0.2) is 0 Å². The van der Waals surface area contributed by atoms with Crippen LogP contribution in [0.25, 0.3) is 0 Å². The molecule has 1 N–H and O–H groups in total. The molecule has 26 heavy (non-hydrogen) atoms. The Balaban J connectivity index is 1.67. The van der Waals surface area contributed by atoms with Crippen LogP contribution in [0.3, 0.4) is 0 Å². The van der Waals surface area contributed by atoms with Crippen LogP contribution in [0.15, 0.2) is 29.0 Å². The molecule has 7 nitrogen and oxygen atoms in total. The van der Waals surface area contributed by atoms with Crippen LogP contribution in [0.4, 0.5) is 4.79 Å². The van der Waals surface area contributed by atoms with E-state index in [2.05, 4.69) is 11.1 Å². The summed E-state index contributed by atoms with van der Waals surface area (Å²) in [6.45, 7) is 7.42. The molecule has 4 atom stereocenters. The van der Waals surface area contributed by atoms with Gasteiger partial charge in [-0.05, 0) is 39.8 Å². The number of aliphatic carboxylic acids is 1. The largest absolute Gasteiger partial charge is 0.489 e. The van der Waals surface area contributed by atoms with E-state index in [-0.39, 0.29) is 19.0 Å². The number of aliphatic imine (C=N–C) groups is 1. The van der Waals surface area contributed by atoms with E-state index in [0.717, 1.165) is 5.04 Å². The molecule has 0 unspecified atom stereocenters. The quantitative estimate of drug-likeness (QED) is 0.810. The molecule has 1 aliphatic carbocycles. The molecule has 142 valence electrons. The summed E-state index contributed by atoms with van der Waals surface area (Å²) < 4.78 is 11.3. The molecule has 0 aromatic heterocycles. The molecule has 0 aromatic rings. The zero-order chi connectivity index (χ0) is 19.1. The number of carboxylic acids is 1. The Labute approximate surface area is 157 Å². The molecule has 2 heterocycles. The number of amides is 1. The van der Waals surface area contributed by atoms with Gasteiger partial charge in [0.1, 0.15) is 23.5 Å². The van der Waals surface area contributed by atoms with Gasteiger partial charge in [-0.3, -0.25) is 9.89 Å². The minimum Gasteiger partial charge on any atom is -0.489 e. The van der Waals surface area contributed by atoms with Gasteiger partial charge < -0.3 is 14.6 Å². The fourth-order valence-corrected chi connectivity index (χ4v) is 4.20. The molecular weight excluding hydrogens is 356 g/mol. The number of hydrogen-bond acceptors (Lipinski definition) is 6. The summed E-state index contributed by atoms with van der Waals surface area (Å²) >= 11 is 1.72. The van der Waals surface area contributed by atoms with E-state index in [0.29, 0.717) is 11.0 Å². The maximum absolute atomic E-state index is 12.3. The van der Waals surface area contributed by atoms with Crippen LogP contribution >= 0.6 is 11.8 Å². The van der Waals surface area contributed by atoms with Gasteiger partial charge in [0, 0.05) is 6.42 Å². The second-order valence-electron chi connectivity index (χ2n) is 7.61. The van der Waals surface area contributed by atoms with Gasteiger partial charge in [0.2, 0.25) is 0 Å². The van der Waals surface area contributed by atoms with Crippen molar-refractivity contribution in [1.82, 2.24) is 4.90 Å². The van der Waals surface area contributed by atoms with Crippen molar-refractivity contribution in [3.63, 3.8) is 0 Å². The number of fused-ring (bicyclic) bond motifs is 1. The van der Waals surface area contributed by atoms with Gasteiger partial charge >= 0.3 is 12.1 Å². The predicted octanol–water partition coefficient (Wildman–Crippen LogP) is 2.82. The molecule has 0 spiro atoms. The molecule has 0 bridgehead atoms. The first-order valence-electron chi connectivity index (χ1n) is 8.62.